The highest BCUT2D eigenvalue weighted by Gasteiger charge is 2.12. The van der Waals surface area contributed by atoms with Crippen LogP contribution in [0.1, 0.15) is 11.1 Å². The minimum absolute atomic E-state index is 0.500. The zero-order chi connectivity index (χ0) is 14.7. The monoisotopic (exact) mass is 275 g/mol. The predicted octanol–water partition coefficient (Wildman–Crippen LogP) is 3.58. The molecule has 0 aliphatic heterocycles. The van der Waals surface area contributed by atoms with Crippen molar-refractivity contribution in [3.05, 3.63) is 72.1 Å². The van der Waals surface area contributed by atoms with E-state index in [0.29, 0.717) is 6.54 Å². The second kappa shape index (κ2) is 5.85. The van der Waals surface area contributed by atoms with E-state index in [4.69, 9.17) is 5.73 Å². The summed E-state index contributed by atoms with van der Waals surface area (Å²) in [5, 5.41) is 0. The first-order valence-electron chi connectivity index (χ1n) is 6.96. The van der Waals surface area contributed by atoms with Crippen LogP contribution < -0.4 is 5.73 Å². The Balaban J connectivity index is 2.18. The molecule has 0 radical (unpaired) electrons. The number of rotatable bonds is 3. The molecule has 0 aliphatic carbocycles. The van der Waals surface area contributed by atoms with Gasteiger partial charge >= 0.3 is 0 Å². The third-order valence-electron chi connectivity index (χ3n) is 3.62. The van der Waals surface area contributed by atoms with Gasteiger partial charge in [-0.25, -0.2) is 9.97 Å². The Kier molecular flexibility index (Phi) is 3.75. The van der Waals surface area contributed by atoms with E-state index >= 15 is 0 Å². The van der Waals surface area contributed by atoms with Gasteiger partial charge < -0.3 is 5.73 Å². The molecule has 0 aliphatic rings. The van der Waals surface area contributed by atoms with E-state index in [0.717, 1.165) is 33.6 Å². The smallest absolute Gasteiger partial charge is 0.116 e. The van der Waals surface area contributed by atoms with E-state index in [1.807, 2.05) is 36.4 Å². The largest absolute Gasteiger partial charge is 0.326 e. The van der Waals surface area contributed by atoms with Crippen LogP contribution in [0.3, 0.4) is 0 Å². The molecule has 0 atom stereocenters. The van der Waals surface area contributed by atoms with Crippen LogP contribution in [0.5, 0.6) is 0 Å². The van der Waals surface area contributed by atoms with Gasteiger partial charge in [0.15, 0.2) is 0 Å². The fraction of sp³-hybridized carbons (Fsp3) is 0.111. The maximum atomic E-state index is 5.84. The first-order chi connectivity index (χ1) is 10.3. The molecule has 2 N–H and O–H groups in total. The molecule has 1 aromatic heterocycles. The summed E-state index contributed by atoms with van der Waals surface area (Å²) in [5.41, 5.74) is 12.1. The van der Waals surface area contributed by atoms with E-state index < -0.39 is 0 Å². The highest BCUT2D eigenvalue weighted by Crippen LogP contribution is 2.29. The van der Waals surface area contributed by atoms with Crippen molar-refractivity contribution < 1.29 is 0 Å². The van der Waals surface area contributed by atoms with E-state index in [9.17, 15) is 0 Å². The quantitative estimate of drug-likeness (QED) is 0.795. The first-order valence-corrected chi connectivity index (χ1v) is 6.96. The Labute approximate surface area is 124 Å². The molecule has 104 valence electrons. The van der Waals surface area contributed by atoms with E-state index in [2.05, 4.69) is 35.1 Å². The number of hydrogen-bond acceptors (Lipinski definition) is 3. The van der Waals surface area contributed by atoms with Crippen molar-refractivity contribution in [1.29, 1.82) is 0 Å². The molecule has 0 saturated heterocycles. The maximum Gasteiger partial charge on any atom is 0.116 e. The Bertz CT molecular complexity index is 751. The number of aromatic nitrogens is 2. The molecule has 3 nitrogen and oxygen atoms in total. The van der Waals surface area contributed by atoms with Crippen molar-refractivity contribution >= 4 is 0 Å². The van der Waals surface area contributed by atoms with Gasteiger partial charge in [0.25, 0.3) is 0 Å². The summed E-state index contributed by atoms with van der Waals surface area (Å²) in [6.45, 7) is 2.56. The van der Waals surface area contributed by atoms with Crippen LogP contribution in [0.15, 0.2) is 60.9 Å². The van der Waals surface area contributed by atoms with E-state index in [1.165, 1.54) is 0 Å². The van der Waals surface area contributed by atoms with Crippen LogP contribution >= 0.6 is 0 Å². The van der Waals surface area contributed by atoms with Crippen molar-refractivity contribution in [3.8, 4) is 22.5 Å². The average molecular weight is 275 g/mol. The molecule has 0 bridgehead atoms. The van der Waals surface area contributed by atoms with Crippen LogP contribution in [-0.2, 0) is 6.54 Å². The lowest BCUT2D eigenvalue weighted by Crippen LogP contribution is -2.02. The number of nitrogens with two attached hydrogens (primary N) is 1. The molecule has 2 aromatic carbocycles. The molecular weight excluding hydrogens is 258 g/mol. The Hall–Kier alpha value is -2.52. The molecule has 0 fully saturated rings. The summed E-state index contributed by atoms with van der Waals surface area (Å²) >= 11 is 0. The topological polar surface area (TPSA) is 51.8 Å². The fourth-order valence-corrected chi connectivity index (χ4v) is 2.54. The number of hydrogen-bond donors (Lipinski definition) is 1. The van der Waals surface area contributed by atoms with E-state index in [1.54, 1.807) is 6.33 Å². The van der Waals surface area contributed by atoms with Gasteiger partial charge in [0.05, 0.1) is 11.4 Å². The molecule has 1 heterocycles. The molecule has 21 heavy (non-hydrogen) atoms. The number of benzene rings is 2. The lowest BCUT2D eigenvalue weighted by atomic mass is 9.98. The third kappa shape index (κ3) is 2.56. The summed E-state index contributed by atoms with van der Waals surface area (Å²) in [6, 6.07) is 18.3. The Morgan fingerprint density at radius 1 is 0.857 bits per heavy atom. The zero-order valence-corrected chi connectivity index (χ0v) is 12.0. The van der Waals surface area contributed by atoms with Gasteiger partial charge in [0.2, 0.25) is 0 Å². The van der Waals surface area contributed by atoms with Crippen molar-refractivity contribution in [2.75, 3.05) is 0 Å². The van der Waals surface area contributed by atoms with Gasteiger partial charge in [-0.3, -0.25) is 0 Å². The molecule has 0 spiro atoms. The van der Waals surface area contributed by atoms with Gasteiger partial charge in [-0.1, -0.05) is 54.6 Å². The minimum atomic E-state index is 0.500. The zero-order valence-electron chi connectivity index (χ0n) is 12.0. The lowest BCUT2D eigenvalue weighted by molar-refractivity contribution is 1.06. The summed E-state index contributed by atoms with van der Waals surface area (Å²) < 4.78 is 0. The van der Waals surface area contributed by atoms with Crippen LogP contribution in [0, 0.1) is 6.92 Å². The minimum Gasteiger partial charge on any atom is -0.326 e. The van der Waals surface area contributed by atoms with Gasteiger partial charge in [0, 0.05) is 23.2 Å². The lowest BCUT2D eigenvalue weighted by Gasteiger charge is -2.12. The average Bonchev–Trinajstić information content (AvgIpc) is 2.56. The van der Waals surface area contributed by atoms with Gasteiger partial charge in [-0.05, 0) is 12.5 Å². The summed E-state index contributed by atoms with van der Waals surface area (Å²) in [4.78, 5) is 8.92. The molecule has 0 amide bonds. The number of nitrogens with zero attached hydrogens (tertiary/aromatic N) is 2. The maximum absolute atomic E-state index is 5.84. The summed E-state index contributed by atoms with van der Waals surface area (Å²) in [6.07, 6.45) is 1.62. The molecule has 3 rings (SSSR count). The van der Waals surface area contributed by atoms with Crippen molar-refractivity contribution in [2.45, 2.75) is 13.5 Å². The summed E-state index contributed by atoms with van der Waals surface area (Å²) in [5.74, 6) is 0. The summed E-state index contributed by atoms with van der Waals surface area (Å²) in [7, 11) is 0. The van der Waals surface area contributed by atoms with Crippen LogP contribution in [0.4, 0.5) is 0 Å². The highest BCUT2D eigenvalue weighted by molar-refractivity contribution is 5.74. The van der Waals surface area contributed by atoms with Gasteiger partial charge in [0.1, 0.15) is 6.33 Å². The third-order valence-corrected chi connectivity index (χ3v) is 3.62. The molecular formula is C18H17N3. The molecule has 3 heteroatoms. The second-order valence-corrected chi connectivity index (χ2v) is 4.92. The van der Waals surface area contributed by atoms with Crippen LogP contribution in [-0.4, -0.2) is 9.97 Å². The van der Waals surface area contributed by atoms with Gasteiger partial charge in [-0.2, -0.15) is 0 Å². The highest BCUT2D eigenvalue weighted by atomic mass is 14.8. The van der Waals surface area contributed by atoms with Crippen molar-refractivity contribution in [1.82, 2.24) is 9.97 Å². The van der Waals surface area contributed by atoms with Crippen molar-refractivity contribution in [3.63, 3.8) is 0 Å². The SMILES string of the molecule is Cc1c(-c2ccccc2)ncnc1-c1ccccc1CN. The molecule has 0 saturated carbocycles. The van der Waals surface area contributed by atoms with Crippen molar-refractivity contribution in [2.24, 2.45) is 5.73 Å². The molecule has 3 aromatic rings. The Morgan fingerprint density at radius 3 is 2.29 bits per heavy atom. The van der Waals surface area contributed by atoms with E-state index in [-0.39, 0.29) is 0 Å². The first kappa shape index (κ1) is 13.5. The Morgan fingerprint density at radius 2 is 1.52 bits per heavy atom. The van der Waals surface area contributed by atoms with Crippen LogP contribution in [0.25, 0.3) is 22.5 Å². The fourth-order valence-electron chi connectivity index (χ4n) is 2.54. The molecule has 0 unspecified atom stereocenters. The predicted molar refractivity (Wildman–Crippen MR) is 85.5 cm³/mol. The normalized spacial score (nSPS) is 10.6. The standard InChI is InChI=1S/C18H17N3/c1-13-17(14-7-3-2-4-8-14)20-12-21-18(13)16-10-6-5-9-15(16)11-19/h2-10,12H,11,19H2,1H3. The van der Waals surface area contributed by atoms with Crippen LogP contribution in [0.2, 0.25) is 0 Å². The second-order valence-electron chi connectivity index (χ2n) is 4.92. The van der Waals surface area contributed by atoms with Gasteiger partial charge in [-0.15, -0.1) is 0 Å².